The first-order chi connectivity index (χ1) is 15.3. The molecule has 1 aromatic heterocycles. The Labute approximate surface area is 181 Å². The molecule has 1 N–H and O–H groups in total. The minimum absolute atomic E-state index is 0.00752. The van der Waals surface area contributed by atoms with Gasteiger partial charge in [0.05, 0.1) is 18.4 Å². The number of nitrogens with zero attached hydrogens (tertiary/aromatic N) is 3. The van der Waals surface area contributed by atoms with Gasteiger partial charge in [0.2, 0.25) is 5.82 Å². The van der Waals surface area contributed by atoms with Crippen LogP contribution in [-0.2, 0) is 6.18 Å². The maximum atomic E-state index is 13.0. The quantitative estimate of drug-likeness (QED) is 0.464. The SMILES string of the molecule is COc1ccc(-c2nc(C(=O)Nc3cccc(C(F)(F)F)c3)nn2-c2ccccc2)cc1. The van der Waals surface area contributed by atoms with Crippen molar-refractivity contribution in [2.24, 2.45) is 0 Å². The molecule has 1 amide bonds. The summed E-state index contributed by atoms with van der Waals surface area (Å²) in [6.07, 6.45) is -4.52. The second kappa shape index (κ2) is 8.54. The molecule has 4 rings (SSSR count). The first-order valence-corrected chi connectivity index (χ1v) is 9.50. The van der Waals surface area contributed by atoms with Crippen molar-refractivity contribution in [2.75, 3.05) is 12.4 Å². The summed E-state index contributed by atoms with van der Waals surface area (Å²) < 4.78 is 45.6. The fourth-order valence-electron chi connectivity index (χ4n) is 3.04. The molecule has 0 bridgehead atoms. The van der Waals surface area contributed by atoms with Gasteiger partial charge in [0.1, 0.15) is 5.75 Å². The summed E-state index contributed by atoms with van der Waals surface area (Å²) in [7, 11) is 1.55. The van der Waals surface area contributed by atoms with Gasteiger partial charge in [-0.2, -0.15) is 13.2 Å². The number of alkyl halides is 3. The Bertz CT molecular complexity index is 1240. The number of carbonyl (C=O) groups is 1. The van der Waals surface area contributed by atoms with Crippen LogP contribution in [0.25, 0.3) is 17.1 Å². The molecule has 6 nitrogen and oxygen atoms in total. The molecule has 0 saturated carbocycles. The molecule has 0 spiro atoms. The number of rotatable bonds is 5. The predicted octanol–water partition coefficient (Wildman–Crippen LogP) is 5.21. The largest absolute Gasteiger partial charge is 0.497 e. The zero-order valence-electron chi connectivity index (χ0n) is 16.8. The maximum absolute atomic E-state index is 13.0. The Balaban J connectivity index is 1.70. The molecule has 0 aliphatic carbocycles. The van der Waals surface area contributed by atoms with Crippen LogP contribution in [0.4, 0.5) is 18.9 Å². The smallest absolute Gasteiger partial charge is 0.416 e. The van der Waals surface area contributed by atoms with E-state index in [9.17, 15) is 18.0 Å². The molecule has 3 aromatic carbocycles. The average Bonchev–Trinajstić information content (AvgIpc) is 3.25. The highest BCUT2D eigenvalue weighted by molar-refractivity contribution is 6.01. The number of nitrogens with one attached hydrogen (secondary N) is 1. The lowest BCUT2D eigenvalue weighted by Gasteiger charge is -2.08. The van der Waals surface area contributed by atoms with Gasteiger partial charge in [0.25, 0.3) is 5.91 Å². The molecule has 0 fully saturated rings. The van der Waals surface area contributed by atoms with Crippen LogP contribution in [0, 0.1) is 0 Å². The lowest BCUT2D eigenvalue weighted by molar-refractivity contribution is -0.137. The van der Waals surface area contributed by atoms with Crippen molar-refractivity contribution >= 4 is 11.6 Å². The fraction of sp³-hybridized carbons (Fsp3) is 0.0870. The van der Waals surface area contributed by atoms with Crippen LogP contribution in [-0.4, -0.2) is 27.8 Å². The Morgan fingerprint density at radius 2 is 1.69 bits per heavy atom. The highest BCUT2D eigenvalue weighted by Crippen LogP contribution is 2.31. The van der Waals surface area contributed by atoms with Crippen molar-refractivity contribution in [1.29, 1.82) is 0 Å². The van der Waals surface area contributed by atoms with Gasteiger partial charge in [-0.3, -0.25) is 4.79 Å². The summed E-state index contributed by atoms with van der Waals surface area (Å²) in [5, 5.41) is 6.74. The molecule has 0 saturated heterocycles. The van der Waals surface area contributed by atoms with Crippen molar-refractivity contribution < 1.29 is 22.7 Å². The molecule has 0 aliphatic heterocycles. The third-order valence-electron chi connectivity index (χ3n) is 4.61. The van der Waals surface area contributed by atoms with Crippen LogP contribution in [0.2, 0.25) is 0 Å². The Morgan fingerprint density at radius 3 is 2.34 bits per heavy atom. The van der Waals surface area contributed by atoms with Crippen LogP contribution in [0.3, 0.4) is 0 Å². The number of methoxy groups -OCH3 is 1. The summed E-state index contributed by atoms with van der Waals surface area (Å²) in [5.41, 5.74) is 0.480. The van der Waals surface area contributed by atoms with Crippen molar-refractivity contribution in [3.05, 3.63) is 90.3 Å². The number of hydrogen-bond donors (Lipinski definition) is 1. The lowest BCUT2D eigenvalue weighted by Crippen LogP contribution is -2.15. The fourth-order valence-corrected chi connectivity index (χ4v) is 3.04. The summed E-state index contributed by atoms with van der Waals surface area (Å²) in [6, 6.07) is 20.5. The highest BCUT2D eigenvalue weighted by Gasteiger charge is 2.30. The topological polar surface area (TPSA) is 69.0 Å². The standard InChI is InChI=1S/C23H17F3N4O2/c1-32-19-12-10-15(11-13-19)21-28-20(29-30(21)18-8-3-2-4-9-18)22(31)27-17-7-5-6-16(14-17)23(24,25)26/h2-14H,1H3,(H,27,31). The van der Waals surface area contributed by atoms with E-state index in [1.807, 2.05) is 18.2 Å². The monoisotopic (exact) mass is 438 g/mol. The third kappa shape index (κ3) is 4.46. The molecular formula is C23H17F3N4O2. The van der Waals surface area contributed by atoms with Gasteiger partial charge in [0.15, 0.2) is 5.82 Å². The Hall–Kier alpha value is -4.14. The van der Waals surface area contributed by atoms with Crippen molar-refractivity contribution in [2.45, 2.75) is 6.18 Å². The summed E-state index contributed by atoms with van der Waals surface area (Å²) >= 11 is 0. The number of para-hydroxylation sites is 1. The second-order valence-corrected chi connectivity index (χ2v) is 6.77. The van der Waals surface area contributed by atoms with Gasteiger partial charge < -0.3 is 10.1 Å². The van der Waals surface area contributed by atoms with Crippen molar-refractivity contribution in [3.8, 4) is 22.8 Å². The van der Waals surface area contributed by atoms with E-state index in [-0.39, 0.29) is 11.5 Å². The number of anilines is 1. The minimum Gasteiger partial charge on any atom is -0.497 e. The number of halogens is 3. The van der Waals surface area contributed by atoms with E-state index in [0.717, 1.165) is 12.1 Å². The van der Waals surface area contributed by atoms with Crippen LogP contribution < -0.4 is 10.1 Å². The van der Waals surface area contributed by atoms with Crippen LogP contribution in [0.5, 0.6) is 5.75 Å². The van der Waals surface area contributed by atoms with E-state index in [1.165, 1.54) is 16.8 Å². The number of hydrogen-bond acceptors (Lipinski definition) is 4. The summed E-state index contributed by atoms with van der Waals surface area (Å²) in [6.45, 7) is 0. The number of aromatic nitrogens is 3. The minimum atomic E-state index is -4.52. The maximum Gasteiger partial charge on any atom is 0.416 e. The predicted molar refractivity (Wildman–Crippen MR) is 113 cm³/mol. The molecule has 0 atom stereocenters. The van der Waals surface area contributed by atoms with Crippen molar-refractivity contribution in [3.63, 3.8) is 0 Å². The molecule has 162 valence electrons. The van der Waals surface area contributed by atoms with Crippen LogP contribution in [0.15, 0.2) is 78.9 Å². The molecule has 4 aromatic rings. The molecule has 0 radical (unpaired) electrons. The van der Waals surface area contributed by atoms with E-state index in [4.69, 9.17) is 4.74 Å². The zero-order valence-corrected chi connectivity index (χ0v) is 16.8. The van der Waals surface area contributed by atoms with Gasteiger partial charge >= 0.3 is 6.18 Å². The number of benzene rings is 3. The van der Waals surface area contributed by atoms with E-state index >= 15 is 0 Å². The highest BCUT2D eigenvalue weighted by atomic mass is 19.4. The second-order valence-electron chi connectivity index (χ2n) is 6.77. The van der Waals surface area contributed by atoms with Crippen LogP contribution in [0.1, 0.15) is 16.2 Å². The number of ether oxygens (including phenoxy) is 1. The number of carbonyl (C=O) groups excluding carboxylic acids is 1. The Kier molecular flexibility index (Phi) is 5.63. The van der Waals surface area contributed by atoms with Crippen LogP contribution >= 0.6 is 0 Å². The normalized spacial score (nSPS) is 11.2. The molecular weight excluding hydrogens is 421 g/mol. The molecule has 32 heavy (non-hydrogen) atoms. The summed E-state index contributed by atoms with van der Waals surface area (Å²) in [4.78, 5) is 17.1. The van der Waals surface area contributed by atoms with E-state index in [2.05, 4.69) is 15.4 Å². The molecule has 1 heterocycles. The van der Waals surface area contributed by atoms with Gasteiger partial charge in [-0.05, 0) is 54.6 Å². The van der Waals surface area contributed by atoms with Gasteiger partial charge in [-0.15, -0.1) is 5.10 Å². The van der Waals surface area contributed by atoms with Gasteiger partial charge in [-0.1, -0.05) is 24.3 Å². The summed E-state index contributed by atoms with van der Waals surface area (Å²) in [5.74, 6) is 0.140. The van der Waals surface area contributed by atoms with Gasteiger partial charge in [0, 0.05) is 11.3 Å². The first kappa shape index (κ1) is 21.1. The van der Waals surface area contributed by atoms with E-state index < -0.39 is 17.6 Å². The third-order valence-corrected chi connectivity index (χ3v) is 4.61. The zero-order chi connectivity index (χ0) is 22.7. The lowest BCUT2D eigenvalue weighted by atomic mass is 10.2. The van der Waals surface area contributed by atoms with E-state index in [1.54, 1.807) is 43.5 Å². The van der Waals surface area contributed by atoms with E-state index in [0.29, 0.717) is 22.8 Å². The molecule has 0 aliphatic rings. The van der Waals surface area contributed by atoms with Crippen molar-refractivity contribution in [1.82, 2.24) is 14.8 Å². The molecule has 0 unspecified atom stereocenters. The first-order valence-electron chi connectivity index (χ1n) is 9.50. The average molecular weight is 438 g/mol. The van der Waals surface area contributed by atoms with Gasteiger partial charge in [-0.25, -0.2) is 9.67 Å². The molecule has 9 heteroatoms. The number of amides is 1. The Morgan fingerprint density at radius 1 is 0.969 bits per heavy atom.